The summed E-state index contributed by atoms with van der Waals surface area (Å²) in [4.78, 5) is 12.6. The number of benzene rings is 1. The average Bonchev–Trinajstić information content (AvgIpc) is 3.32. The first kappa shape index (κ1) is 21.6. The van der Waals surface area contributed by atoms with Crippen LogP contribution in [-0.4, -0.2) is 32.0 Å². The third-order valence-electron chi connectivity index (χ3n) is 5.39. The molecule has 1 aliphatic rings. The van der Waals surface area contributed by atoms with E-state index >= 15 is 0 Å². The summed E-state index contributed by atoms with van der Waals surface area (Å²) in [6.45, 7) is 13.0. The fourth-order valence-corrected chi connectivity index (χ4v) is 4.47. The Balaban J connectivity index is 1.77. The molecule has 0 radical (unpaired) electrons. The molecule has 0 unspecified atom stereocenters. The van der Waals surface area contributed by atoms with E-state index in [1.807, 2.05) is 17.6 Å². The molecule has 0 saturated heterocycles. The first-order chi connectivity index (χ1) is 13.8. The zero-order valence-corrected chi connectivity index (χ0v) is 18.8. The lowest BCUT2D eigenvalue weighted by Gasteiger charge is -2.19. The second kappa shape index (κ2) is 9.16. The molecule has 1 aromatic carbocycles. The van der Waals surface area contributed by atoms with Gasteiger partial charge >= 0.3 is 0 Å². The van der Waals surface area contributed by atoms with Gasteiger partial charge in [-0.3, -0.25) is 9.36 Å². The third-order valence-corrected chi connectivity index (χ3v) is 6.47. The van der Waals surface area contributed by atoms with Gasteiger partial charge in [-0.15, -0.1) is 16.8 Å². The molecule has 1 amide bonds. The zero-order chi connectivity index (χ0) is 21.0. The number of amides is 1. The van der Waals surface area contributed by atoms with Crippen LogP contribution in [0.25, 0.3) is 11.4 Å². The number of thioether (sulfide) groups is 1. The topological polar surface area (TPSA) is 59.8 Å². The third kappa shape index (κ3) is 5.30. The van der Waals surface area contributed by atoms with Gasteiger partial charge in [0.05, 0.1) is 5.25 Å². The van der Waals surface area contributed by atoms with E-state index in [0.717, 1.165) is 29.4 Å². The van der Waals surface area contributed by atoms with Crippen molar-refractivity contribution >= 4 is 17.7 Å². The molecule has 1 atom stereocenters. The number of carbonyl (C=O) groups is 1. The van der Waals surface area contributed by atoms with Crippen molar-refractivity contribution in [3.05, 3.63) is 42.5 Å². The Morgan fingerprint density at radius 1 is 1.28 bits per heavy atom. The maximum atomic E-state index is 12.6. The van der Waals surface area contributed by atoms with Crippen molar-refractivity contribution in [3.63, 3.8) is 0 Å². The molecular formula is C23H32N4OS. The molecule has 1 heterocycles. The van der Waals surface area contributed by atoms with Crippen LogP contribution in [0.15, 0.2) is 42.1 Å². The Kier molecular flexibility index (Phi) is 6.83. The minimum atomic E-state index is -0.223. The van der Waals surface area contributed by atoms with Gasteiger partial charge in [0.15, 0.2) is 11.0 Å². The molecular weight excluding hydrogens is 380 g/mol. The Morgan fingerprint density at radius 3 is 2.52 bits per heavy atom. The number of allylic oxidation sites excluding steroid dienone is 1. The van der Waals surface area contributed by atoms with Crippen molar-refractivity contribution in [1.29, 1.82) is 0 Å². The highest BCUT2D eigenvalue weighted by molar-refractivity contribution is 8.00. The summed E-state index contributed by atoms with van der Waals surface area (Å²) in [6, 6.07) is 8.80. The molecule has 1 aliphatic carbocycles. The van der Waals surface area contributed by atoms with Crippen molar-refractivity contribution in [2.24, 2.45) is 0 Å². The summed E-state index contributed by atoms with van der Waals surface area (Å²) in [5, 5.41) is 12.5. The number of nitrogens with zero attached hydrogens (tertiary/aromatic N) is 3. The van der Waals surface area contributed by atoms with Gasteiger partial charge in [0.2, 0.25) is 5.91 Å². The first-order valence-electron chi connectivity index (χ1n) is 10.4. The highest BCUT2D eigenvalue weighted by Crippen LogP contribution is 2.29. The largest absolute Gasteiger partial charge is 0.352 e. The number of nitrogens with one attached hydrogen (secondary N) is 1. The van der Waals surface area contributed by atoms with Crippen LogP contribution < -0.4 is 5.32 Å². The molecule has 0 spiro atoms. The fourth-order valence-electron chi connectivity index (χ4n) is 3.60. The summed E-state index contributed by atoms with van der Waals surface area (Å²) in [7, 11) is 0. The molecule has 0 bridgehead atoms. The van der Waals surface area contributed by atoms with Crippen molar-refractivity contribution < 1.29 is 4.79 Å². The minimum Gasteiger partial charge on any atom is -0.352 e. The Morgan fingerprint density at radius 2 is 1.93 bits per heavy atom. The highest BCUT2D eigenvalue weighted by Gasteiger charge is 2.24. The van der Waals surface area contributed by atoms with Crippen LogP contribution >= 0.6 is 11.8 Å². The van der Waals surface area contributed by atoms with Crippen LogP contribution in [0.3, 0.4) is 0 Å². The fraction of sp³-hybridized carbons (Fsp3) is 0.522. The van der Waals surface area contributed by atoms with E-state index in [1.165, 1.54) is 30.2 Å². The number of carbonyl (C=O) groups excluding carboxylic acids is 1. The molecule has 156 valence electrons. The molecule has 0 aliphatic heterocycles. The van der Waals surface area contributed by atoms with Gasteiger partial charge in [-0.25, -0.2) is 0 Å². The monoisotopic (exact) mass is 412 g/mol. The number of hydrogen-bond donors (Lipinski definition) is 1. The van der Waals surface area contributed by atoms with E-state index in [9.17, 15) is 4.79 Å². The lowest BCUT2D eigenvalue weighted by atomic mass is 9.87. The predicted molar refractivity (Wildman–Crippen MR) is 120 cm³/mol. The molecule has 1 saturated carbocycles. The number of aromatic nitrogens is 3. The molecule has 29 heavy (non-hydrogen) atoms. The van der Waals surface area contributed by atoms with Crippen molar-refractivity contribution in [1.82, 2.24) is 20.1 Å². The second-order valence-electron chi connectivity index (χ2n) is 8.78. The van der Waals surface area contributed by atoms with Gasteiger partial charge in [-0.1, -0.05) is 75.7 Å². The van der Waals surface area contributed by atoms with Gasteiger partial charge < -0.3 is 5.32 Å². The van der Waals surface area contributed by atoms with Crippen molar-refractivity contribution in [2.45, 2.75) is 81.8 Å². The van der Waals surface area contributed by atoms with E-state index in [2.05, 4.69) is 67.1 Å². The van der Waals surface area contributed by atoms with Crippen LogP contribution in [0.2, 0.25) is 0 Å². The number of hydrogen-bond acceptors (Lipinski definition) is 4. The van der Waals surface area contributed by atoms with E-state index in [0.29, 0.717) is 12.6 Å². The summed E-state index contributed by atoms with van der Waals surface area (Å²) >= 11 is 1.45. The highest BCUT2D eigenvalue weighted by atomic mass is 32.2. The SMILES string of the molecule is C=CCn1c(S[C@H](C)C(=O)NC2CCCC2)nnc1-c1ccc(C(C)(C)C)cc1. The maximum Gasteiger partial charge on any atom is 0.233 e. The van der Waals surface area contributed by atoms with E-state index < -0.39 is 0 Å². The Labute approximate surface area is 178 Å². The zero-order valence-electron chi connectivity index (χ0n) is 17.9. The van der Waals surface area contributed by atoms with Crippen LogP contribution in [-0.2, 0) is 16.8 Å². The summed E-state index contributed by atoms with van der Waals surface area (Å²) in [6.07, 6.45) is 6.42. The normalized spacial score (nSPS) is 16.0. The average molecular weight is 413 g/mol. The van der Waals surface area contributed by atoms with Gasteiger partial charge in [0.1, 0.15) is 0 Å². The van der Waals surface area contributed by atoms with Crippen LogP contribution in [0.1, 0.15) is 58.9 Å². The predicted octanol–water partition coefficient (Wildman–Crippen LogP) is 4.97. The quantitative estimate of drug-likeness (QED) is 0.515. The van der Waals surface area contributed by atoms with Crippen molar-refractivity contribution in [3.8, 4) is 11.4 Å². The molecule has 5 nitrogen and oxygen atoms in total. The Hall–Kier alpha value is -2.08. The van der Waals surface area contributed by atoms with Gasteiger partial charge in [-0.05, 0) is 30.7 Å². The first-order valence-corrected chi connectivity index (χ1v) is 11.3. The van der Waals surface area contributed by atoms with E-state index in [-0.39, 0.29) is 16.6 Å². The number of rotatable bonds is 7. The van der Waals surface area contributed by atoms with E-state index in [4.69, 9.17) is 0 Å². The van der Waals surface area contributed by atoms with Crippen molar-refractivity contribution in [2.75, 3.05) is 0 Å². The summed E-state index contributed by atoms with van der Waals surface area (Å²) < 4.78 is 2.03. The molecule has 1 fully saturated rings. The van der Waals surface area contributed by atoms with Gasteiger partial charge in [0, 0.05) is 18.2 Å². The second-order valence-corrected chi connectivity index (χ2v) is 10.1. The lowest BCUT2D eigenvalue weighted by molar-refractivity contribution is -0.120. The molecule has 3 rings (SSSR count). The van der Waals surface area contributed by atoms with Gasteiger partial charge in [-0.2, -0.15) is 0 Å². The summed E-state index contributed by atoms with van der Waals surface area (Å²) in [5.74, 6) is 0.877. The van der Waals surface area contributed by atoms with Crippen LogP contribution in [0, 0.1) is 0 Å². The molecule has 1 aromatic heterocycles. The Bertz CT molecular complexity index is 845. The lowest BCUT2D eigenvalue weighted by Crippen LogP contribution is -2.37. The van der Waals surface area contributed by atoms with Crippen LogP contribution in [0.4, 0.5) is 0 Å². The minimum absolute atomic E-state index is 0.0751. The molecule has 2 aromatic rings. The van der Waals surface area contributed by atoms with Gasteiger partial charge in [0.25, 0.3) is 0 Å². The summed E-state index contributed by atoms with van der Waals surface area (Å²) in [5.41, 5.74) is 2.40. The molecule has 1 N–H and O–H groups in total. The standard InChI is InChI=1S/C23H32N4OS/c1-6-15-27-20(17-11-13-18(14-12-17)23(3,4)5)25-26-22(27)29-16(2)21(28)24-19-9-7-8-10-19/h6,11-14,16,19H,1,7-10,15H2,2-5H3,(H,24,28)/t16-/m1/s1. The van der Waals surface area contributed by atoms with E-state index in [1.54, 1.807) is 0 Å². The molecule has 6 heteroatoms. The maximum absolute atomic E-state index is 12.6. The smallest absolute Gasteiger partial charge is 0.233 e. The van der Waals surface area contributed by atoms with Crippen LogP contribution in [0.5, 0.6) is 0 Å².